The zero-order valence-electron chi connectivity index (χ0n) is 11.0. The topological polar surface area (TPSA) is 50.4 Å². The van der Waals surface area contributed by atoms with Crippen molar-refractivity contribution in [2.75, 3.05) is 19.7 Å². The van der Waals surface area contributed by atoms with Gasteiger partial charge in [-0.15, -0.1) is 0 Å². The van der Waals surface area contributed by atoms with E-state index in [4.69, 9.17) is 4.84 Å². The maximum atomic E-state index is 11.8. The second-order valence-electron chi connectivity index (χ2n) is 4.90. The summed E-state index contributed by atoms with van der Waals surface area (Å²) in [7, 11) is 0. The minimum absolute atomic E-state index is 0.177. The van der Waals surface area contributed by atoms with Crippen LogP contribution in [0, 0.1) is 19.8 Å². The van der Waals surface area contributed by atoms with Crippen LogP contribution < -0.4 is 10.8 Å². The molecule has 1 fully saturated rings. The molecule has 18 heavy (non-hydrogen) atoms. The lowest BCUT2D eigenvalue weighted by molar-refractivity contribution is 0.0188. The van der Waals surface area contributed by atoms with Gasteiger partial charge < -0.3 is 5.32 Å². The van der Waals surface area contributed by atoms with Crippen molar-refractivity contribution in [3.05, 3.63) is 34.9 Å². The third-order valence-electron chi connectivity index (χ3n) is 3.42. The van der Waals surface area contributed by atoms with Crippen LogP contribution >= 0.6 is 0 Å². The minimum atomic E-state index is -0.177. The highest BCUT2D eigenvalue weighted by Crippen LogP contribution is 2.10. The van der Waals surface area contributed by atoms with Gasteiger partial charge in [0.05, 0.1) is 6.61 Å². The van der Waals surface area contributed by atoms with Crippen LogP contribution in [0.4, 0.5) is 0 Å². The molecule has 0 aromatic heterocycles. The Hall–Kier alpha value is -1.39. The lowest BCUT2D eigenvalue weighted by Gasteiger charge is -2.10. The number of amides is 1. The van der Waals surface area contributed by atoms with Crippen molar-refractivity contribution in [3.63, 3.8) is 0 Å². The largest absolute Gasteiger partial charge is 0.316 e. The van der Waals surface area contributed by atoms with Crippen LogP contribution in [0.5, 0.6) is 0 Å². The Balaban J connectivity index is 1.81. The first-order valence-electron chi connectivity index (χ1n) is 6.37. The molecule has 0 radical (unpaired) electrons. The highest BCUT2D eigenvalue weighted by molar-refractivity contribution is 5.93. The first-order valence-corrected chi connectivity index (χ1v) is 6.37. The van der Waals surface area contributed by atoms with E-state index in [2.05, 4.69) is 10.8 Å². The minimum Gasteiger partial charge on any atom is -0.316 e. The fraction of sp³-hybridized carbons (Fsp3) is 0.500. The van der Waals surface area contributed by atoms with Gasteiger partial charge in [0, 0.05) is 12.1 Å². The second kappa shape index (κ2) is 5.98. The molecule has 1 saturated heterocycles. The maximum Gasteiger partial charge on any atom is 0.274 e. The van der Waals surface area contributed by atoms with Crippen LogP contribution in [-0.2, 0) is 4.84 Å². The molecule has 4 nitrogen and oxygen atoms in total. The van der Waals surface area contributed by atoms with Gasteiger partial charge in [-0.25, -0.2) is 5.48 Å². The van der Waals surface area contributed by atoms with E-state index in [1.54, 1.807) is 0 Å². The van der Waals surface area contributed by atoms with Crippen molar-refractivity contribution >= 4 is 5.91 Å². The lowest BCUT2D eigenvalue weighted by atomic mass is 10.1. The molecule has 0 saturated carbocycles. The van der Waals surface area contributed by atoms with Crippen molar-refractivity contribution < 1.29 is 9.63 Å². The van der Waals surface area contributed by atoms with E-state index in [-0.39, 0.29) is 5.91 Å². The van der Waals surface area contributed by atoms with E-state index < -0.39 is 0 Å². The highest BCUT2D eigenvalue weighted by Gasteiger charge is 2.15. The average Bonchev–Trinajstić information content (AvgIpc) is 2.85. The average molecular weight is 248 g/mol. The van der Waals surface area contributed by atoms with Crippen molar-refractivity contribution in [1.82, 2.24) is 10.8 Å². The Kier molecular flexibility index (Phi) is 4.33. The Morgan fingerprint density at radius 1 is 1.44 bits per heavy atom. The smallest absolute Gasteiger partial charge is 0.274 e. The molecule has 1 atom stereocenters. The third-order valence-corrected chi connectivity index (χ3v) is 3.42. The number of hydrogen-bond acceptors (Lipinski definition) is 3. The molecule has 1 unspecified atom stereocenters. The summed E-state index contributed by atoms with van der Waals surface area (Å²) >= 11 is 0. The number of benzene rings is 1. The fourth-order valence-corrected chi connectivity index (χ4v) is 2.02. The summed E-state index contributed by atoms with van der Waals surface area (Å²) in [6.45, 7) is 6.61. The molecule has 2 N–H and O–H groups in total. The third kappa shape index (κ3) is 3.31. The van der Waals surface area contributed by atoms with Crippen molar-refractivity contribution in [2.45, 2.75) is 20.3 Å². The Labute approximate surface area is 108 Å². The van der Waals surface area contributed by atoms with Gasteiger partial charge in [-0.3, -0.25) is 9.63 Å². The molecule has 0 bridgehead atoms. The summed E-state index contributed by atoms with van der Waals surface area (Å²) in [5.74, 6) is 0.328. The van der Waals surface area contributed by atoms with Crippen LogP contribution in [0.15, 0.2) is 18.2 Å². The van der Waals surface area contributed by atoms with E-state index in [0.717, 1.165) is 25.1 Å². The van der Waals surface area contributed by atoms with Gasteiger partial charge in [0.1, 0.15) is 0 Å². The first kappa shape index (κ1) is 13.1. The number of hydroxylamine groups is 1. The van der Waals surface area contributed by atoms with Gasteiger partial charge in [0.15, 0.2) is 0 Å². The predicted molar refractivity (Wildman–Crippen MR) is 70.3 cm³/mol. The van der Waals surface area contributed by atoms with Crippen LogP contribution in [0.3, 0.4) is 0 Å². The quantitative estimate of drug-likeness (QED) is 0.795. The molecular formula is C14H20N2O2. The first-order chi connectivity index (χ1) is 8.66. The summed E-state index contributed by atoms with van der Waals surface area (Å²) in [4.78, 5) is 17.1. The maximum absolute atomic E-state index is 11.8. The Morgan fingerprint density at radius 3 is 2.94 bits per heavy atom. The van der Waals surface area contributed by atoms with E-state index in [0.29, 0.717) is 18.1 Å². The molecule has 4 heteroatoms. The van der Waals surface area contributed by atoms with E-state index >= 15 is 0 Å². The fourth-order valence-electron chi connectivity index (χ4n) is 2.02. The number of aryl methyl sites for hydroxylation is 2. The van der Waals surface area contributed by atoms with Crippen molar-refractivity contribution in [2.24, 2.45) is 5.92 Å². The second-order valence-corrected chi connectivity index (χ2v) is 4.90. The summed E-state index contributed by atoms with van der Waals surface area (Å²) in [6, 6.07) is 5.65. The zero-order valence-corrected chi connectivity index (χ0v) is 11.0. The normalized spacial score (nSPS) is 18.9. The van der Waals surface area contributed by atoms with Gasteiger partial charge in [-0.05, 0) is 56.0 Å². The Bertz CT molecular complexity index is 426. The molecule has 0 aliphatic carbocycles. The van der Waals surface area contributed by atoms with Crippen LogP contribution in [-0.4, -0.2) is 25.6 Å². The van der Waals surface area contributed by atoms with Crippen molar-refractivity contribution in [1.29, 1.82) is 0 Å². The molecule has 1 heterocycles. The number of carbonyl (C=O) groups is 1. The summed E-state index contributed by atoms with van der Waals surface area (Å²) in [5.41, 5.74) is 5.45. The lowest BCUT2D eigenvalue weighted by Crippen LogP contribution is -2.27. The zero-order chi connectivity index (χ0) is 13.0. The molecule has 1 aliphatic rings. The molecule has 0 spiro atoms. The molecular weight excluding hydrogens is 228 g/mol. The summed E-state index contributed by atoms with van der Waals surface area (Å²) in [5, 5.41) is 3.26. The summed E-state index contributed by atoms with van der Waals surface area (Å²) in [6.07, 6.45) is 1.11. The number of carbonyl (C=O) groups excluding carboxylic acids is 1. The standard InChI is InChI=1S/C14H20N2O2/c1-10-3-4-13(7-11(10)2)14(17)16-18-9-12-5-6-15-8-12/h3-4,7,12,15H,5-6,8-9H2,1-2H3,(H,16,17). The van der Waals surface area contributed by atoms with Gasteiger partial charge >= 0.3 is 0 Å². The highest BCUT2D eigenvalue weighted by atomic mass is 16.6. The molecule has 98 valence electrons. The van der Waals surface area contributed by atoms with Crippen LogP contribution in [0.1, 0.15) is 27.9 Å². The van der Waals surface area contributed by atoms with Crippen molar-refractivity contribution in [3.8, 4) is 0 Å². The van der Waals surface area contributed by atoms with Gasteiger partial charge in [0.2, 0.25) is 0 Å². The van der Waals surface area contributed by atoms with E-state index in [1.165, 1.54) is 5.56 Å². The van der Waals surface area contributed by atoms with Crippen LogP contribution in [0.25, 0.3) is 0 Å². The monoisotopic (exact) mass is 248 g/mol. The molecule has 2 rings (SSSR count). The van der Waals surface area contributed by atoms with Gasteiger partial charge in [0.25, 0.3) is 5.91 Å². The van der Waals surface area contributed by atoms with Gasteiger partial charge in [-0.2, -0.15) is 0 Å². The van der Waals surface area contributed by atoms with Gasteiger partial charge in [-0.1, -0.05) is 6.07 Å². The molecule has 1 aromatic rings. The number of nitrogens with one attached hydrogen (secondary N) is 2. The number of hydrogen-bond donors (Lipinski definition) is 2. The Morgan fingerprint density at radius 2 is 2.28 bits per heavy atom. The molecule has 1 aliphatic heterocycles. The number of rotatable bonds is 4. The predicted octanol–water partition coefficient (Wildman–Crippen LogP) is 1.57. The van der Waals surface area contributed by atoms with Crippen LogP contribution in [0.2, 0.25) is 0 Å². The van der Waals surface area contributed by atoms with E-state index in [1.807, 2.05) is 32.0 Å². The summed E-state index contributed by atoms with van der Waals surface area (Å²) < 4.78 is 0. The SMILES string of the molecule is Cc1ccc(C(=O)NOCC2CCNC2)cc1C. The molecule has 1 amide bonds. The molecule has 1 aromatic carbocycles. The van der Waals surface area contributed by atoms with E-state index in [9.17, 15) is 4.79 Å².